The van der Waals surface area contributed by atoms with E-state index < -0.39 is 35.2 Å². The molecule has 0 N–H and O–H groups in total. The van der Waals surface area contributed by atoms with Crippen LogP contribution in [0.2, 0.25) is 0 Å². The monoisotopic (exact) mass is 563 g/mol. The lowest BCUT2D eigenvalue weighted by atomic mass is 10.0. The number of methoxy groups -OCH3 is 1. The van der Waals surface area contributed by atoms with Crippen molar-refractivity contribution in [2.24, 2.45) is 0 Å². The number of rotatable bonds is 5. The lowest BCUT2D eigenvalue weighted by Gasteiger charge is -2.34. The molecule has 40 heavy (non-hydrogen) atoms. The van der Waals surface area contributed by atoms with Crippen LogP contribution in [0.3, 0.4) is 0 Å². The number of nitrogens with zero attached hydrogens (tertiary/aromatic N) is 5. The third-order valence-electron chi connectivity index (χ3n) is 6.87. The smallest absolute Gasteiger partial charge is 0.433 e. The van der Waals surface area contributed by atoms with Gasteiger partial charge in [0.05, 0.1) is 19.0 Å². The van der Waals surface area contributed by atoms with Crippen molar-refractivity contribution < 1.29 is 35.9 Å². The molecule has 1 aliphatic rings. The number of fused-ring (bicyclic) bond motifs is 1. The summed E-state index contributed by atoms with van der Waals surface area (Å²) in [5.74, 6) is -3.37. The fourth-order valence-corrected chi connectivity index (χ4v) is 4.83. The maximum absolute atomic E-state index is 14.2. The number of aromatic nitrogens is 3. The van der Waals surface area contributed by atoms with Gasteiger partial charge < -0.3 is 9.64 Å². The number of piperazine rings is 1. The van der Waals surface area contributed by atoms with Crippen molar-refractivity contribution in [1.29, 1.82) is 0 Å². The van der Waals surface area contributed by atoms with Crippen molar-refractivity contribution >= 4 is 11.6 Å². The van der Waals surface area contributed by atoms with E-state index in [1.165, 1.54) is 18.9 Å². The molecule has 1 amide bonds. The van der Waals surface area contributed by atoms with Gasteiger partial charge in [0, 0.05) is 55.5 Å². The van der Waals surface area contributed by atoms with E-state index in [1.807, 2.05) is 0 Å². The molecule has 13 heteroatoms. The molecule has 7 nitrogen and oxygen atoms in total. The van der Waals surface area contributed by atoms with E-state index in [9.17, 15) is 31.1 Å². The highest BCUT2D eigenvalue weighted by molar-refractivity contribution is 6.00. The first-order chi connectivity index (χ1) is 19.0. The number of halogens is 6. The van der Waals surface area contributed by atoms with Gasteiger partial charge in [0.1, 0.15) is 17.1 Å². The van der Waals surface area contributed by atoms with Crippen LogP contribution in [0.1, 0.15) is 27.2 Å². The largest absolute Gasteiger partial charge is 0.497 e. The molecule has 2 aromatic heterocycles. The molecule has 1 fully saturated rings. The van der Waals surface area contributed by atoms with Crippen LogP contribution in [0.5, 0.6) is 5.75 Å². The number of alkyl halides is 3. The Morgan fingerprint density at radius 2 is 1.70 bits per heavy atom. The van der Waals surface area contributed by atoms with Gasteiger partial charge in [-0.1, -0.05) is 0 Å². The van der Waals surface area contributed by atoms with E-state index in [0.29, 0.717) is 21.9 Å². The Morgan fingerprint density at radius 1 is 1.02 bits per heavy atom. The van der Waals surface area contributed by atoms with E-state index in [4.69, 9.17) is 4.74 Å². The van der Waals surface area contributed by atoms with Crippen LogP contribution in [0.25, 0.3) is 16.9 Å². The summed E-state index contributed by atoms with van der Waals surface area (Å²) in [5.41, 5.74) is -1.24. The Bertz CT molecular complexity index is 1580. The Kier molecular flexibility index (Phi) is 7.17. The van der Waals surface area contributed by atoms with Gasteiger partial charge in [-0.2, -0.15) is 18.3 Å². The summed E-state index contributed by atoms with van der Waals surface area (Å²) in [7, 11) is 1.47. The maximum atomic E-state index is 14.2. The SMILES string of the molecule is COc1ccc(-c2nc3c(C(=O)N4CCN(Cc5cc(F)cc(F)c5F)CC4)cnn3c(C(F)(F)F)c2C)cc1. The first kappa shape index (κ1) is 27.4. The summed E-state index contributed by atoms with van der Waals surface area (Å²) in [6.07, 6.45) is -3.72. The number of carbonyl (C=O) groups excluding carboxylic acids is 1. The van der Waals surface area contributed by atoms with Crippen LogP contribution >= 0.6 is 0 Å². The fourth-order valence-electron chi connectivity index (χ4n) is 4.83. The molecule has 0 radical (unpaired) electrons. The van der Waals surface area contributed by atoms with Crippen LogP contribution in [0.4, 0.5) is 26.3 Å². The minimum absolute atomic E-state index is 0.0474. The second-order valence-corrected chi connectivity index (χ2v) is 9.38. The van der Waals surface area contributed by atoms with Crippen LogP contribution in [-0.4, -0.2) is 63.6 Å². The zero-order chi connectivity index (χ0) is 28.8. The van der Waals surface area contributed by atoms with Crippen molar-refractivity contribution in [3.63, 3.8) is 0 Å². The van der Waals surface area contributed by atoms with E-state index in [-0.39, 0.29) is 60.8 Å². The van der Waals surface area contributed by atoms with Crippen molar-refractivity contribution in [3.8, 4) is 17.0 Å². The minimum atomic E-state index is -4.78. The van der Waals surface area contributed by atoms with Crippen molar-refractivity contribution in [1.82, 2.24) is 24.4 Å². The first-order valence-electron chi connectivity index (χ1n) is 12.2. The number of carbonyl (C=O) groups is 1. The Labute approximate surface area is 224 Å². The summed E-state index contributed by atoms with van der Waals surface area (Å²) in [5, 5.41) is 3.86. The number of ether oxygens (including phenoxy) is 1. The molecular weight excluding hydrogens is 540 g/mol. The molecular formula is C27H23F6N5O2. The van der Waals surface area contributed by atoms with Gasteiger partial charge in [-0.15, -0.1) is 0 Å². The highest BCUT2D eigenvalue weighted by Gasteiger charge is 2.39. The second-order valence-electron chi connectivity index (χ2n) is 9.38. The Balaban J connectivity index is 1.43. The van der Waals surface area contributed by atoms with Crippen LogP contribution in [0, 0.1) is 24.4 Å². The molecule has 0 atom stereocenters. The molecule has 1 aliphatic heterocycles. The summed E-state index contributed by atoms with van der Waals surface area (Å²) >= 11 is 0. The highest BCUT2D eigenvalue weighted by Crippen LogP contribution is 2.37. The van der Waals surface area contributed by atoms with Gasteiger partial charge in [-0.3, -0.25) is 9.69 Å². The van der Waals surface area contributed by atoms with E-state index >= 15 is 0 Å². The van der Waals surface area contributed by atoms with Gasteiger partial charge in [-0.05, 0) is 37.3 Å². The molecule has 210 valence electrons. The predicted molar refractivity (Wildman–Crippen MR) is 132 cm³/mol. The molecule has 0 unspecified atom stereocenters. The first-order valence-corrected chi connectivity index (χ1v) is 12.2. The van der Waals surface area contributed by atoms with Crippen molar-refractivity contribution in [2.45, 2.75) is 19.6 Å². The highest BCUT2D eigenvalue weighted by atomic mass is 19.4. The van der Waals surface area contributed by atoms with E-state index in [0.717, 1.165) is 12.3 Å². The third-order valence-corrected chi connectivity index (χ3v) is 6.87. The third kappa shape index (κ3) is 5.08. The molecule has 2 aromatic carbocycles. The molecule has 5 rings (SSSR count). The average molecular weight is 564 g/mol. The standard InChI is InChI=1S/C27H23F6N5O2/c1-15-23(16-3-5-19(40-2)6-4-16)35-25-20(13-34-38(25)24(15)27(31,32)33)26(39)37-9-7-36(8-10-37)14-17-11-18(28)12-21(29)22(17)30/h3-6,11-13H,7-10,14H2,1-2H3. The van der Waals surface area contributed by atoms with Crippen molar-refractivity contribution in [3.05, 3.63) is 82.4 Å². The molecule has 0 saturated carbocycles. The molecule has 3 heterocycles. The quantitative estimate of drug-likeness (QED) is 0.250. The summed E-state index contributed by atoms with van der Waals surface area (Å²) in [6.45, 7) is 2.03. The number of hydrogen-bond donors (Lipinski definition) is 0. The van der Waals surface area contributed by atoms with Gasteiger partial charge in [-0.25, -0.2) is 22.7 Å². The number of benzene rings is 2. The normalized spacial score (nSPS) is 14.7. The molecule has 0 aliphatic carbocycles. The molecule has 4 aromatic rings. The second kappa shape index (κ2) is 10.5. The number of hydrogen-bond acceptors (Lipinski definition) is 5. The van der Waals surface area contributed by atoms with Gasteiger partial charge >= 0.3 is 6.18 Å². The lowest BCUT2D eigenvalue weighted by Crippen LogP contribution is -2.48. The lowest BCUT2D eigenvalue weighted by molar-refractivity contribution is -0.143. The van der Waals surface area contributed by atoms with Crippen LogP contribution < -0.4 is 4.74 Å². The zero-order valence-electron chi connectivity index (χ0n) is 21.4. The van der Waals surface area contributed by atoms with E-state index in [1.54, 1.807) is 29.2 Å². The predicted octanol–water partition coefficient (Wildman–Crippen LogP) is 5.11. The summed E-state index contributed by atoms with van der Waals surface area (Å²) < 4.78 is 89.5. The maximum Gasteiger partial charge on any atom is 0.433 e. The van der Waals surface area contributed by atoms with Crippen LogP contribution in [0.15, 0.2) is 42.6 Å². The Hall–Kier alpha value is -4.13. The van der Waals surface area contributed by atoms with Gasteiger partial charge in [0.25, 0.3) is 5.91 Å². The summed E-state index contributed by atoms with van der Waals surface area (Å²) in [6, 6.07) is 7.73. The zero-order valence-corrected chi connectivity index (χ0v) is 21.4. The number of amides is 1. The molecule has 0 spiro atoms. The molecule has 0 bridgehead atoms. The fraction of sp³-hybridized carbons (Fsp3) is 0.296. The topological polar surface area (TPSA) is 63.0 Å². The van der Waals surface area contributed by atoms with Gasteiger partial charge in [0.2, 0.25) is 0 Å². The van der Waals surface area contributed by atoms with E-state index in [2.05, 4.69) is 10.1 Å². The van der Waals surface area contributed by atoms with Gasteiger partial charge in [0.15, 0.2) is 23.0 Å². The van der Waals surface area contributed by atoms with Crippen molar-refractivity contribution in [2.75, 3.05) is 33.3 Å². The summed E-state index contributed by atoms with van der Waals surface area (Å²) in [4.78, 5) is 21.0. The average Bonchev–Trinajstić information content (AvgIpc) is 3.33. The minimum Gasteiger partial charge on any atom is -0.497 e. The van der Waals surface area contributed by atoms with Crippen LogP contribution in [-0.2, 0) is 12.7 Å². The Morgan fingerprint density at radius 3 is 2.33 bits per heavy atom. The molecule has 1 saturated heterocycles.